The first-order chi connectivity index (χ1) is 11.4. The molecule has 0 aliphatic rings. The molecule has 2 amide bonds. The molecule has 24 heavy (non-hydrogen) atoms. The molecule has 0 aliphatic heterocycles. The number of hydrogen-bond donors (Lipinski definition) is 2. The van der Waals surface area contributed by atoms with E-state index in [1.807, 2.05) is 0 Å². The number of rotatable bonds is 3. The number of anilines is 2. The van der Waals surface area contributed by atoms with Crippen LogP contribution in [0.1, 0.15) is 15.9 Å². The fourth-order valence-electron chi connectivity index (χ4n) is 1.92. The Bertz CT molecular complexity index is 788. The van der Waals surface area contributed by atoms with Crippen LogP contribution in [0.3, 0.4) is 0 Å². The fraction of sp³-hybridized carbons (Fsp3) is 0.118. The predicted molar refractivity (Wildman–Crippen MR) is 91.2 cm³/mol. The molecule has 0 radical (unpaired) electrons. The molecule has 2 aromatic rings. The van der Waals surface area contributed by atoms with Gasteiger partial charge in [0.15, 0.2) is 0 Å². The van der Waals surface area contributed by atoms with Crippen molar-refractivity contribution in [3.05, 3.63) is 58.6 Å². The molecule has 2 rings (SSSR count). The number of amides is 2. The molecule has 0 saturated heterocycles. The number of methoxy groups -OCH3 is 1. The first-order valence-electron chi connectivity index (χ1n) is 6.98. The topological polar surface area (TPSA) is 84.5 Å². The van der Waals surface area contributed by atoms with Gasteiger partial charge in [-0.25, -0.2) is 4.79 Å². The van der Waals surface area contributed by atoms with E-state index in [1.165, 1.54) is 31.4 Å². The first kappa shape index (κ1) is 17.5. The van der Waals surface area contributed by atoms with E-state index in [1.54, 1.807) is 25.1 Å². The Hall–Kier alpha value is -2.86. The van der Waals surface area contributed by atoms with Gasteiger partial charge in [-0.05, 0) is 48.9 Å². The van der Waals surface area contributed by atoms with Crippen LogP contribution in [0, 0.1) is 6.92 Å². The predicted octanol–water partition coefficient (Wildman–Crippen LogP) is 3.01. The Kier molecular flexibility index (Phi) is 5.55. The third kappa shape index (κ3) is 4.11. The summed E-state index contributed by atoms with van der Waals surface area (Å²) < 4.78 is 4.58. The molecule has 6 nitrogen and oxygen atoms in total. The van der Waals surface area contributed by atoms with E-state index in [4.69, 9.17) is 11.6 Å². The minimum Gasteiger partial charge on any atom is -0.465 e. The second-order valence-electron chi connectivity index (χ2n) is 4.89. The number of esters is 1. The summed E-state index contributed by atoms with van der Waals surface area (Å²) in [7, 11) is 1.28. The molecule has 0 aliphatic carbocycles. The quantitative estimate of drug-likeness (QED) is 0.661. The van der Waals surface area contributed by atoms with Crippen molar-refractivity contribution >= 4 is 40.8 Å². The number of benzene rings is 2. The van der Waals surface area contributed by atoms with Crippen molar-refractivity contribution in [3.63, 3.8) is 0 Å². The van der Waals surface area contributed by atoms with E-state index in [0.717, 1.165) is 0 Å². The van der Waals surface area contributed by atoms with Crippen molar-refractivity contribution in [1.82, 2.24) is 0 Å². The zero-order chi connectivity index (χ0) is 17.7. The normalized spacial score (nSPS) is 9.96. The van der Waals surface area contributed by atoms with Gasteiger partial charge in [0.25, 0.3) is 0 Å². The summed E-state index contributed by atoms with van der Waals surface area (Å²) in [6.07, 6.45) is 0. The summed E-state index contributed by atoms with van der Waals surface area (Å²) in [6, 6.07) is 11.0. The Morgan fingerprint density at radius 3 is 2.21 bits per heavy atom. The van der Waals surface area contributed by atoms with Gasteiger partial charge in [-0.15, -0.1) is 0 Å². The van der Waals surface area contributed by atoms with Gasteiger partial charge in [-0.1, -0.05) is 17.7 Å². The second kappa shape index (κ2) is 7.61. The van der Waals surface area contributed by atoms with Gasteiger partial charge in [0, 0.05) is 16.4 Å². The molecule has 0 atom stereocenters. The summed E-state index contributed by atoms with van der Waals surface area (Å²) >= 11 is 5.97. The smallest absolute Gasteiger partial charge is 0.337 e. The standard InChI is InChI=1S/C17H15ClN2O4/c1-10-13(18)4-3-5-14(10)20-16(22)15(21)19-12-8-6-11(7-9-12)17(23)24-2/h3-9H,1-2H3,(H,19,21)(H,20,22). The molecule has 0 aromatic heterocycles. The van der Waals surface area contributed by atoms with Crippen molar-refractivity contribution in [2.24, 2.45) is 0 Å². The van der Waals surface area contributed by atoms with Crippen LogP contribution >= 0.6 is 11.6 Å². The van der Waals surface area contributed by atoms with E-state index in [0.29, 0.717) is 27.5 Å². The van der Waals surface area contributed by atoms with Gasteiger partial charge in [0.05, 0.1) is 12.7 Å². The van der Waals surface area contributed by atoms with Crippen LogP contribution in [0.15, 0.2) is 42.5 Å². The zero-order valence-corrected chi connectivity index (χ0v) is 13.8. The molecule has 2 aromatic carbocycles. The van der Waals surface area contributed by atoms with Crippen LogP contribution in [-0.2, 0) is 14.3 Å². The Labute approximate surface area is 143 Å². The number of carbonyl (C=O) groups excluding carboxylic acids is 3. The van der Waals surface area contributed by atoms with Crippen LogP contribution in [0.5, 0.6) is 0 Å². The monoisotopic (exact) mass is 346 g/mol. The Morgan fingerprint density at radius 1 is 0.958 bits per heavy atom. The maximum Gasteiger partial charge on any atom is 0.337 e. The molecular weight excluding hydrogens is 332 g/mol. The minimum atomic E-state index is -0.833. The van der Waals surface area contributed by atoms with E-state index < -0.39 is 17.8 Å². The molecule has 124 valence electrons. The highest BCUT2D eigenvalue weighted by Crippen LogP contribution is 2.22. The van der Waals surface area contributed by atoms with Crippen molar-refractivity contribution in [1.29, 1.82) is 0 Å². The molecule has 0 fully saturated rings. The molecule has 7 heteroatoms. The molecule has 0 saturated carbocycles. The van der Waals surface area contributed by atoms with Crippen LogP contribution in [0.4, 0.5) is 11.4 Å². The highest BCUT2D eigenvalue weighted by atomic mass is 35.5. The SMILES string of the molecule is COC(=O)c1ccc(NC(=O)C(=O)Nc2cccc(Cl)c2C)cc1. The summed E-state index contributed by atoms with van der Waals surface area (Å²) in [4.78, 5) is 35.2. The third-order valence-corrected chi connectivity index (χ3v) is 3.70. The lowest BCUT2D eigenvalue weighted by Crippen LogP contribution is -2.29. The van der Waals surface area contributed by atoms with Crippen molar-refractivity contribution in [2.75, 3.05) is 17.7 Å². The first-order valence-corrected chi connectivity index (χ1v) is 7.36. The number of halogens is 1. The maximum absolute atomic E-state index is 12.0. The Morgan fingerprint density at radius 2 is 1.58 bits per heavy atom. The summed E-state index contributed by atoms with van der Waals surface area (Å²) in [5.41, 5.74) is 1.85. The van der Waals surface area contributed by atoms with Crippen molar-refractivity contribution in [2.45, 2.75) is 6.92 Å². The lowest BCUT2D eigenvalue weighted by molar-refractivity contribution is -0.133. The van der Waals surface area contributed by atoms with Crippen LogP contribution in [0.25, 0.3) is 0 Å². The van der Waals surface area contributed by atoms with E-state index in [-0.39, 0.29) is 0 Å². The van der Waals surface area contributed by atoms with E-state index in [2.05, 4.69) is 15.4 Å². The average molecular weight is 347 g/mol. The second-order valence-corrected chi connectivity index (χ2v) is 5.30. The van der Waals surface area contributed by atoms with Gasteiger partial charge in [-0.2, -0.15) is 0 Å². The van der Waals surface area contributed by atoms with Gasteiger partial charge in [-0.3, -0.25) is 9.59 Å². The van der Waals surface area contributed by atoms with Gasteiger partial charge in [0.1, 0.15) is 0 Å². The highest BCUT2D eigenvalue weighted by molar-refractivity contribution is 6.44. The van der Waals surface area contributed by atoms with Gasteiger partial charge >= 0.3 is 17.8 Å². The van der Waals surface area contributed by atoms with E-state index >= 15 is 0 Å². The minimum absolute atomic E-state index is 0.342. The number of nitrogens with one attached hydrogen (secondary N) is 2. The number of carbonyl (C=O) groups is 3. The van der Waals surface area contributed by atoms with Gasteiger partial charge < -0.3 is 15.4 Å². The van der Waals surface area contributed by atoms with Crippen LogP contribution < -0.4 is 10.6 Å². The van der Waals surface area contributed by atoms with E-state index in [9.17, 15) is 14.4 Å². The molecule has 0 unspecified atom stereocenters. The number of ether oxygens (including phenoxy) is 1. The molecule has 0 spiro atoms. The van der Waals surface area contributed by atoms with Crippen LogP contribution in [-0.4, -0.2) is 24.9 Å². The third-order valence-electron chi connectivity index (χ3n) is 3.29. The Balaban J connectivity index is 2.02. The zero-order valence-electron chi connectivity index (χ0n) is 13.1. The lowest BCUT2D eigenvalue weighted by Gasteiger charge is -2.10. The van der Waals surface area contributed by atoms with Crippen LogP contribution in [0.2, 0.25) is 5.02 Å². The van der Waals surface area contributed by atoms with Gasteiger partial charge in [0.2, 0.25) is 0 Å². The molecule has 0 heterocycles. The molecule has 2 N–H and O–H groups in total. The summed E-state index contributed by atoms with van der Waals surface area (Å²) in [5.74, 6) is -2.14. The summed E-state index contributed by atoms with van der Waals surface area (Å²) in [6.45, 7) is 1.74. The highest BCUT2D eigenvalue weighted by Gasteiger charge is 2.16. The largest absolute Gasteiger partial charge is 0.465 e. The lowest BCUT2D eigenvalue weighted by atomic mass is 10.2. The molecule has 0 bridgehead atoms. The van der Waals surface area contributed by atoms with Crippen molar-refractivity contribution in [3.8, 4) is 0 Å². The fourth-order valence-corrected chi connectivity index (χ4v) is 2.09. The maximum atomic E-state index is 12.0. The number of hydrogen-bond acceptors (Lipinski definition) is 4. The molecular formula is C17H15ClN2O4. The summed E-state index contributed by atoms with van der Waals surface area (Å²) in [5, 5.41) is 5.44. The average Bonchev–Trinajstić information content (AvgIpc) is 2.58. The van der Waals surface area contributed by atoms with Crippen molar-refractivity contribution < 1.29 is 19.1 Å².